The van der Waals surface area contributed by atoms with Crippen LogP contribution in [0.1, 0.15) is 48.4 Å². The summed E-state index contributed by atoms with van der Waals surface area (Å²) < 4.78 is 11.2. The number of nitrogens with zero attached hydrogens (tertiary/aromatic N) is 2. The minimum Gasteiger partial charge on any atom is -0.478 e. The smallest absolute Gasteiger partial charge is 0.337 e. The summed E-state index contributed by atoms with van der Waals surface area (Å²) in [5.74, 6) is -0.409. The zero-order valence-corrected chi connectivity index (χ0v) is 15.7. The Labute approximate surface area is 157 Å². The number of carboxylic acid groups (broad SMARTS) is 1. The molecule has 2 aromatic rings. The number of aromatic nitrogens is 2. The monoisotopic (exact) mass is 373 g/mol. The third-order valence-corrected chi connectivity index (χ3v) is 3.21. The van der Waals surface area contributed by atoms with Gasteiger partial charge in [-0.25, -0.2) is 9.78 Å². The van der Waals surface area contributed by atoms with E-state index in [1.807, 2.05) is 27.7 Å². The molecule has 144 valence electrons. The van der Waals surface area contributed by atoms with Gasteiger partial charge in [0.25, 0.3) is 5.91 Å². The first-order valence-electron chi connectivity index (χ1n) is 8.57. The van der Waals surface area contributed by atoms with Crippen LogP contribution in [0.4, 0.5) is 5.82 Å². The molecule has 27 heavy (non-hydrogen) atoms. The summed E-state index contributed by atoms with van der Waals surface area (Å²) in [7, 11) is 0. The fourth-order valence-corrected chi connectivity index (χ4v) is 2.02. The molecule has 8 nitrogen and oxygen atoms in total. The number of hydrogen-bond donors (Lipinski definition) is 2. The molecule has 0 atom stereocenters. The van der Waals surface area contributed by atoms with Crippen molar-refractivity contribution in [1.82, 2.24) is 9.97 Å². The maximum absolute atomic E-state index is 12.6. The molecule has 0 aromatic carbocycles. The molecule has 2 heterocycles. The summed E-state index contributed by atoms with van der Waals surface area (Å²) in [5, 5.41) is 11.5. The van der Waals surface area contributed by atoms with Crippen LogP contribution in [-0.4, -0.2) is 39.7 Å². The maximum atomic E-state index is 12.6. The fraction of sp³-hybridized carbons (Fsp3) is 0.368. The first-order valence-corrected chi connectivity index (χ1v) is 8.57. The normalized spacial score (nSPS) is 10.7. The predicted octanol–water partition coefficient (Wildman–Crippen LogP) is 3.25. The van der Waals surface area contributed by atoms with Crippen molar-refractivity contribution in [2.45, 2.75) is 33.8 Å². The van der Waals surface area contributed by atoms with Crippen LogP contribution < -0.4 is 14.8 Å². The number of amides is 1. The summed E-state index contributed by atoms with van der Waals surface area (Å²) in [6.07, 6.45) is 1.06. The SMILES string of the molecule is CC(C)COc1cc(C(=O)Nc2ccc(C(=O)O)cn2)cc(OC(C)C)n1. The molecule has 0 saturated carbocycles. The maximum Gasteiger partial charge on any atom is 0.337 e. The van der Waals surface area contributed by atoms with Gasteiger partial charge in [0.05, 0.1) is 23.8 Å². The lowest BCUT2D eigenvalue weighted by Crippen LogP contribution is -2.15. The predicted molar refractivity (Wildman–Crippen MR) is 99.5 cm³/mol. The molecule has 8 heteroatoms. The number of nitrogens with one attached hydrogen (secondary N) is 1. The van der Waals surface area contributed by atoms with Crippen molar-refractivity contribution in [1.29, 1.82) is 0 Å². The van der Waals surface area contributed by atoms with E-state index in [2.05, 4.69) is 15.3 Å². The molecule has 0 fully saturated rings. The number of pyridine rings is 2. The Morgan fingerprint density at radius 3 is 2.37 bits per heavy atom. The molecule has 0 aliphatic rings. The first kappa shape index (κ1) is 20.2. The van der Waals surface area contributed by atoms with Crippen LogP contribution in [0, 0.1) is 5.92 Å². The molecule has 0 spiro atoms. The van der Waals surface area contributed by atoms with Gasteiger partial charge < -0.3 is 19.9 Å². The molecule has 0 unspecified atom stereocenters. The number of carbonyl (C=O) groups is 2. The number of carbonyl (C=O) groups excluding carboxylic acids is 1. The Morgan fingerprint density at radius 2 is 1.81 bits per heavy atom. The average Bonchev–Trinajstić information content (AvgIpc) is 2.59. The third kappa shape index (κ3) is 6.25. The van der Waals surface area contributed by atoms with E-state index in [4.69, 9.17) is 14.6 Å². The lowest BCUT2D eigenvalue weighted by molar-refractivity contribution is 0.0696. The van der Waals surface area contributed by atoms with Crippen molar-refractivity contribution < 1.29 is 24.2 Å². The van der Waals surface area contributed by atoms with E-state index >= 15 is 0 Å². The first-order chi connectivity index (χ1) is 12.7. The Morgan fingerprint density at radius 1 is 1.11 bits per heavy atom. The van der Waals surface area contributed by atoms with Gasteiger partial charge in [-0.1, -0.05) is 13.8 Å². The molecule has 0 bridgehead atoms. The van der Waals surface area contributed by atoms with Gasteiger partial charge >= 0.3 is 5.97 Å². The second-order valence-corrected chi connectivity index (χ2v) is 6.60. The number of carboxylic acids is 1. The van der Waals surface area contributed by atoms with Gasteiger partial charge in [0.2, 0.25) is 11.8 Å². The third-order valence-electron chi connectivity index (χ3n) is 3.21. The zero-order chi connectivity index (χ0) is 20.0. The number of anilines is 1. The highest BCUT2D eigenvalue weighted by Crippen LogP contribution is 2.21. The molecular weight excluding hydrogens is 350 g/mol. The largest absolute Gasteiger partial charge is 0.478 e. The van der Waals surface area contributed by atoms with Gasteiger partial charge in [0.1, 0.15) is 5.82 Å². The van der Waals surface area contributed by atoms with Crippen molar-refractivity contribution in [3.05, 3.63) is 41.6 Å². The van der Waals surface area contributed by atoms with E-state index in [0.717, 1.165) is 0 Å². The van der Waals surface area contributed by atoms with Crippen molar-refractivity contribution in [2.75, 3.05) is 11.9 Å². The molecule has 0 aliphatic heterocycles. The van der Waals surface area contributed by atoms with E-state index in [1.54, 1.807) is 0 Å². The van der Waals surface area contributed by atoms with Crippen LogP contribution in [0.25, 0.3) is 0 Å². The van der Waals surface area contributed by atoms with Crippen LogP contribution in [0.2, 0.25) is 0 Å². The molecule has 2 N–H and O–H groups in total. The van der Waals surface area contributed by atoms with Crippen LogP contribution in [0.15, 0.2) is 30.5 Å². The molecule has 2 rings (SSSR count). The molecule has 0 saturated heterocycles. The highest BCUT2D eigenvalue weighted by atomic mass is 16.5. The quantitative estimate of drug-likeness (QED) is 0.730. The van der Waals surface area contributed by atoms with Crippen molar-refractivity contribution >= 4 is 17.7 Å². The Hall–Kier alpha value is -3.16. The van der Waals surface area contributed by atoms with Crippen molar-refractivity contribution in [3.8, 4) is 11.8 Å². The van der Waals surface area contributed by atoms with E-state index in [0.29, 0.717) is 24.0 Å². The van der Waals surface area contributed by atoms with Gasteiger partial charge in [-0.2, -0.15) is 4.98 Å². The molecule has 2 aromatic heterocycles. The number of rotatable bonds is 8. The fourth-order valence-electron chi connectivity index (χ4n) is 2.02. The van der Waals surface area contributed by atoms with Crippen LogP contribution >= 0.6 is 0 Å². The van der Waals surface area contributed by atoms with Crippen LogP contribution in [-0.2, 0) is 0 Å². The minimum absolute atomic E-state index is 0.0360. The highest BCUT2D eigenvalue weighted by molar-refractivity contribution is 6.04. The number of ether oxygens (including phenoxy) is 2. The molecule has 0 radical (unpaired) electrons. The second kappa shape index (κ2) is 8.98. The Balaban J connectivity index is 2.21. The molecule has 0 aliphatic carbocycles. The van der Waals surface area contributed by atoms with Gasteiger partial charge in [-0.15, -0.1) is 0 Å². The summed E-state index contributed by atoms with van der Waals surface area (Å²) in [6, 6.07) is 5.83. The van der Waals surface area contributed by atoms with Gasteiger partial charge in [0.15, 0.2) is 0 Å². The van der Waals surface area contributed by atoms with E-state index in [1.165, 1.54) is 30.5 Å². The lowest BCUT2D eigenvalue weighted by atomic mass is 10.2. The summed E-state index contributed by atoms with van der Waals surface area (Å²) >= 11 is 0. The topological polar surface area (TPSA) is 111 Å². The average molecular weight is 373 g/mol. The minimum atomic E-state index is -1.09. The van der Waals surface area contributed by atoms with Gasteiger partial charge in [0, 0.05) is 18.3 Å². The molecular formula is C19H23N3O5. The number of aromatic carboxylic acids is 1. The van der Waals surface area contributed by atoms with Gasteiger partial charge in [-0.3, -0.25) is 4.79 Å². The molecule has 1 amide bonds. The van der Waals surface area contributed by atoms with Crippen molar-refractivity contribution in [3.63, 3.8) is 0 Å². The lowest BCUT2D eigenvalue weighted by Gasteiger charge is -2.14. The highest BCUT2D eigenvalue weighted by Gasteiger charge is 2.14. The van der Waals surface area contributed by atoms with Crippen molar-refractivity contribution in [2.24, 2.45) is 5.92 Å². The number of hydrogen-bond acceptors (Lipinski definition) is 6. The van der Waals surface area contributed by atoms with Gasteiger partial charge in [-0.05, 0) is 31.9 Å². The van der Waals surface area contributed by atoms with Crippen LogP contribution in [0.3, 0.4) is 0 Å². The standard InChI is InChI=1S/C19H23N3O5/c1-11(2)10-26-16-7-14(8-17(22-16)27-12(3)4)18(23)21-15-6-5-13(9-20-15)19(24)25/h5-9,11-12H,10H2,1-4H3,(H,24,25)(H,20,21,23). The van der Waals surface area contributed by atoms with E-state index in [-0.39, 0.29) is 23.4 Å². The van der Waals surface area contributed by atoms with E-state index in [9.17, 15) is 9.59 Å². The van der Waals surface area contributed by atoms with E-state index < -0.39 is 11.9 Å². The Kier molecular flexibility index (Phi) is 6.70. The summed E-state index contributed by atoms with van der Waals surface area (Å²) in [4.78, 5) is 31.6. The Bertz CT molecular complexity index is 803. The summed E-state index contributed by atoms with van der Waals surface area (Å²) in [6.45, 7) is 8.19. The summed E-state index contributed by atoms with van der Waals surface area (Å²) in [5.41, 5.74) is 0.331. The zero-order valence-electron chi connectivity index (χ0n) is 15.7. The second-order valence-electron chi connectivity index (χ2n) is 6.60. The van der Waals surface area contributed by atoms with Crippen LogP contribution in [0.5, 0.6) is 11.8 Å².